The summed E-state index contributed by atoms with van der Waals surface area (Å²) in [6, 6.07) is 11.4. The molecule has 0 saturated carbocycles. The molecule has 1 aliphatic heterocycles. The van der Waals surface area contributed by atoms with Crippen LogP contribution < -0.4 is 9.64 Å². The molecule has 1 aliphatic rings. The molecule has 1 fully saturated rings. The second kappa shape index (κ2) is 6.96. The summed E-state index contributed by atoms with van der Waals surface area (Å²) in [5, 5.41) is 0. The van der Waals surface area contributed by atoms with Gasteiger partial charge in [0.25, 0.3) is 5.91 Å². The molecule has 6 heteroatoms. The van der Waals surface area contributed by atoms with E-state index < -0.39 is 0 Å². The number of benzene rings is 1. The molecular weight excluding hydrogens is 316 g/mol. The van der Waals surface area contributed by atoms with Crippen molar-refractivity contribution in [2.75, 3.05) is 38.2 Å². The van der Waals surface area contributed by atoms with E-state index in [0.717, 1.165) is 24.5 Å². The Morgan fingerprint density at radius 2 is 1.91 bits per heavy atom. The van der Waals surface area contributed by atoms with Crippen LogP contribution in [0.5, 0.6) is 5.75 Å². The third-order valence-electron chi connectivity index (χ3n) is 4.00. The highest BCUT2D eigenvalue weighted by Gasteiger charge is 2.25. The molecule has 0 atom stereocenters. The Kier molecular flexibility index (Phi) is 4.76. The number of hydrogen-bond acceptors (Lipinski definition) is 4. The van der Waals surface area contributed by atoms with Crippen molar-refractivity contribution in [2.24, 2.45) is 0 Å². The maximum absolute atomic E-state index is 12.4. The molecule has 0 aliphatic carbocycles. The molecule has 1 saturated heterocycles. The van der Waals surface area contributed by atoms with Gasteiger partial charge in [-0.1, -0.05) is 12.1 Å². The van der Waals surface area contributed by atoms with Crippen molar-refractivity contribution in [3.63, 3.8) is 0 Å². The number of piperazine rings is 1. The first-order valence-electron chi connectivity index (χ1n) is 7.55. The number of carbonyl (C=O) groups is 1. The standard InChI is InChI=1S/C17H19ClN2O3/c1-22-15-5-3-2-4-14(15)19-8-10-20(11-9-19)17(21)16-7-6-13(12-18)23-16/h2-7H,8-12H2,1H3. The van der Waals surface area contributed by atoms with Crippen LogP contribution in [-0.2, 0) is 5.88 Å². The van der Waals surface area contributed by atoms with Crippen molar-refractivity contribution in [1.29, 1.82) is 0 Å². The van der Waals surface area contributed by atoms with Crippen molar-refractivity contribution in [3.8, 4) is 5.75 Å². The first-order valence-corrected chi connectivity index (χ1v) is 8.08. The summed E-state index contributed by atoms with van der Waals surface area (Å²) in [7, 11) is 1.67. The Balaban J connectivity index is 1.65. The van der Waals surface area contributed by atoms with Gasteiger partial charge in [-0.3, -0.25) is 4.79 Å². The number of amides is 1. The summed E-state index contributed by atoms with van der Waals surface area (Å²) >= 11 is 5.71. The summed E-state index contributed by atoms with van der Waals surface area (Å²) in [6.45, 7) is 2.81. The first-order chi connectivity index (χ1) is 11.2. The lowest BCUT2D eigenvalue weighted by atomic mass is 10.2. The van der Waals surface area contributed by atoms with Gasteiger partial charge in [0.2, 0.25) is 0 Å². The van der Waals surface area contributed by atoms with Gasteiger partial charge >= 0.3 is 0 Å². The quantitative estimate of drug-likeness (QED) is 0.806. The van der Waals surface area contributed by atoms with Crippen molar-refractivity contribution in [1.82, 2.24) is 4.90 Å². The summed E-state index contributed by atoms with van der Waals surface area (Å²) in [6.07, 6.45) is 0. The number of carbonyl (C=O) groups excluding carboxylic acids is 1. The molecule has 0 N–H and O–H groups in total. The van der Waals surface area contributed by atoms with Gasteiger partial charge in [-0.15, -0.1) is 11.6 Å². The summed E-state index contributed by atoms with van der Waals surface area (Å²) in [4.78, 5) is 16.5. The van der Waals surface area contributed by atoms with Crippen molar-refractivity contribution in [3.05, 3.63) is 47.9 Å². The molecule has 2 heterocycles. The minimum absolute atomic E-state index is 0.0824. The van der Waals surface area contributed by atoms with Crippen molar-refractivity contribution >= 4 is 23.2 Å². The minimum atomic E-state index is -0.0824. The van der Waals surface area contributed by atoms with Gasteiger partial charge in [0.05, 0.1) is 18.7 Å². The van der Waals surface area contributed by atoms with Crippen molar-refractivity contribution < 1.29 is 13.9 Å². The topological polar surface area (TPSA) is 45.9 Å². The average Bonchev–Trinajstić information content (AvgIpc) is 3.10. The number of anilines is 1. The number of ether oxygens (including phenoxy) is 1. The molecule has 0 spiro atoms. The molecule has 3 rings (SSSR count). The number of alkyl halides is 1. The van der Waals surface area contributed by atoms with Gasteiger partial charge in [-0.2, -0.15) is 0 Å². The molecule has 1 aromatic heterocycles. The molecule has 0 radical (unpaired) electrons. The number of halogens is 1. The lowest BCUT2D eigenvalue weighted by Crippen LogP contribution is -2.48. The maximum Gasteiger partial charge on any atom is 0.289 e. The van der Waals surface area contributed by atoms with Crippen LogP contribution in [0, 0.1) is 0 Å². The fourth-order valence-electron chi connectivity index (χ4n) is 2.76. The van der Waals surface area contributed by atoms with Crippen LogP contribution in [0.15, 0.2) is 40.8 Å². The highest BCUT2D eigenvalue weighted by molar-refractivity contribution is 6.16. The van der Waals surface area contributed by atoms with E-state index in [9.17, 15) is 4.79 Å². The zero-order valence-electron chi connectivity index (χ0n) is 13.0. The first kappa shape index (κ1) is 15.7. The van der Waals surface area contributed by atoms with Crippen LogP contribution in [0.3, 0.4) is 0 Å². The van der Waals surface area contributed by atoms with Gasteiger partial charge in [-0.05, 0) is 24.3 Å². The van der Waals surface area contributed by atoms with Crippen LogP contribution in [0.1, 0.15) is 16.3 Å². The number of rotatable bonds is 4. The third kappa shape index (κ3) is 3.29. The van der Waals surface area contributed by atoms with E-state index >= 15 is 0 Å². The smallest absolute Gasteiger partial charge is 0.289 e. The predicted octanol–water partition coefficient (Wildman–Crippen LogP) is 2.99. The average molecular weight is 335 g/mol. The number of furan rings is 1. The van der Waals surface area contributed by atoms with Crippen LogP contribution in [0.4, 0.5) is 5.69 Å². The predicted molar refractivity (Wildman–Crippen MR) is 89.4 cm³/mol. The lowest BCUT2D eigenvalue weighted by molar-refractivity contribution is 0.0713. The zero-order chi connectivity index (χ0) is 16.2. The van der Waals surface area contributed by atoms with E-state index in [4.69, 9.17) is 20.8 Å². The highest BCUT2D eigenvalue weighted by Crippen LogP contribution is 2.28. The molecule has 1 amide bonds. The zero-order valence-corrected chi connectivity index (χ0v) is 13.8. The molecule has 23 heavy (non-hydrogen) atoms. The molecule has 122 valence electrons. The Bertz CT molecular complexity index is 678. The molecule has 0 unspecified atom stereocenters. The van der Waals surface area contributed by atoms with E-state index in [1.165, 1.54) is 0 Å². The van der Waals surface area contributed by atoms with E-state index in [1.807, 2.05) is 29.2 Å². The van der Waals surface area contributed by atoms with Crippen LogP contribution in [0.2, 0.25) is 0 Å². The Morgan fingerprint density at radius 3 is 2.57 bits per heavy atom. The maximum atomic E-state index is 12.4. The lowest BCUT2D eigenvalue weighted by Gasteiger charge is -2.36. The van der Waals surface area contributed by atoms with Crippen LogP contribution >= 0.6 is 11.6 Å². The number of para-hydroxylation sites is 2. The van der Waals surface area contributed by atoms with Gasteiger partial charge in [0.15, 0.2) is 5.76 Å². The largest absolute Gasteiger partial charge is 0.495 e. The monoisotopic (exact) mass is 334 g/mol. The molecule has 0 bridgehead atoms. The van der Waals surface area contributed by atoms with E-state index in [2.05, 4.69) is 4.90 Å². The van der Waals surface area contributed by atoms with E-state index in [1.54, 1.807) is 19.2 Å². The normalized spacial score (nSPS) is 14.9. The fraction of sp³-hybridized carbons (Fsp3) is 0.353. The van der Waals surface area contributed by atoms with Gasteiger partial charge in [0.1, 0.15) is 11.5 Å². The molecule has 1 aromatic carbocycles. The SMILES string of the molecule is COc1ccccc1N1CCN(C(=O)c2ccc(CCl)o2)CC1. The van der Waals surface area contributed by atoms with Crippen LogP contribution in [0.25, 0.3) is 0 Å². The Labute approximate surface area is 140 Å². The number of nitrogens with zero attached hydrogens (tertiary/aromatic N) is 2. The molecule has 5 nitrogen and oxygen atoms in total. The van der Waals surface area contributed by atoms with E-state index in [0.29, 0.717) is 24.6 Å². The second-order valence-electron chi connectivity index (χ2n) is 5.35. The van der Waals surface area contributed by atoms with Gasteiger partial charge in [0, 0.05) is 26.2 Å². The second-order valence-corrected chi connectivity index (χ2v) is 5.62. The van der Waals surface area contributed by atoms with Crippen molar-refractivity contribution in [2.45, 2.75) is 5.88 Å². The van der Waals surface area contributed by atoms with Gasteiger partial charge in [-0.25, -0.2) is 0 Å². The summed E-state index contributed by atoms with van der Waals surface area (Å²) < 4.78 is 10.8. The molecule has 2 aromatic rings. The number of methoxy groups -OCH3 is 1. The third-order valence-corrected chi connectivity index (χ3v) is 4.26. The number of hydrogen-bond donors (Lipinski definition) is 0. The molecular formula is C17H19ClN2O3. The Hall–Kier alpha value is -2.14. The summed E-state index contributed by atoms with van der Waals surface area (Å²) in [5.74, 6) is 2.01. The Morgan fingerprint density at radius 1 is 1.17 bits per heavy atom. The fourth-order valence-corrected chi connectivity index (χ4v) is 2.91. The minimum Gasteiger partial charge on any atom is -0.495 e. The van der Waals surface area contributed by atoms with E-state index in [-0.39, 0.29) is 11.8 Å². The van der Waals surface area contributed by atoms with Crippen LogP contribution in [-0.4, -0.2) is 44.1 Å². The highest BCUT2D eigenvalue weighted by atomic mass is 35.5. The van der Waals surface area contributed by atoms with Gasteiger partial charge < -0.3 is 19.0 Å². The summed E-state index contributed by atoms with van der Waals surface area (Å²) in [5.41, 5.74) is 1.06.